The minimum absolute atomic E-state index is 0.313. The Kier molecular flexibility index (Phi) is 4.84. The van der Waals surface area contributed by atoms with Crippen molar-refractivity contribution >= 4 is 0 Å². The molecule has 0 radical (unpaired) electrons. The van der Waals surface area contributed by atoms with E-state index in [4.69, 9.17) is 5.73 Å². The molecule has 1 fully saturated rings. The third-order valence-corrected chi connectivity index (χ3v) is 3.50. The fraction of sp³-hybridized carbons (Fsp3) is 1.00. The Labute approximate surface area is 101 Å². The topological polar surface area (TPSA) is 29.3 Å². The summed E-state index contributed by atoms with van der Waals surface area (Å²) in [5, 5.41) is 0. The lowest BCUT2D eigenvalue weighted by atomic mass is 9.89. The van der Waals surface area contributed by atoms with Gasteiger partial charge in [0.15, 0.2) is 0 Å². The molecule has 1 saturated heterocycles. The Morgan fingerprint density at radius 1 is 1.24 bits per heavy atom. The number of piperidine rings is 1. The molecule has 0 saturated carbocycles. The van der Waals surface area contributed by atoms with Gasteiger partial charge in [-0.05, 0) is 24.7 Å². The molecule has 102 valence electrons. The second-order valence-corrected chi connectivity index (χ2v) is 5.46. The van der Waals surface area contributed by atoms with Gasteiger partial charge in [0.05, 0.1) is 0 Å². The lowest BCUT2D eigenvalue weighted by molar-refractivity contribution is -0.195. The van der Waals surface area contributed by atoms with Crippen LogP contribution in [0.1, 0.15) is 33.6 Å². The highest BCUT2D eigenvalue weighted by Crippen LogP contribution is 2.32. The van der Waals surface area contributed by atoms with Crippen LogP contribution in [-0.4, -0.2) is 36.2 Å². The molecule has 4 atom stereocenters. The highest BCUT2D eigenvalue weighted by molar-refractivity contribution is 4.90. The molecule has 5 heteroatoms. The Bertz CT molecular complexity index is 232. The number of nitrogens with zero attached hydrogens (tertiary/aromatic N) is 1. The molecule has 0 bridgehead atoms. The van der Waals surface area contributed by atoms with Gasteiger partial charge in [0, 0.05) is 19.1 Å². The van der Waals surface area contributed by atoms with Crippen molar-refractivity contribution in [3.05, 3.63) is 0 Å². The summed E-state index contributed by atoms with van der Waals surface area (Å²) in [6, 6.07) is -2.31. The van der Waals surface area contributed by atoms with E-state index in [9.17, 15) is 13.2 Å². The van der Waals surface area contributed by atoms with Crippen molar-refractivity contribution in [2.45, 2.75) is 51.9 Å². The van der Waals surface area contributed by atoms with Crippen LogP contribution in [0.15, 0.2) is 0 Å². The molecule has 17 heavy (non-hydrogen) atoms. The second-order valence-electron chi connectivity index (χ2n) is 5.46. The first kappa shape index (κ1) is 14.8. The number of hydrogen-bond acceptors (Lipinski definition) is 2. The standard InChI is InChI=1S/C12H23F3N2/c1-4-10(16)11(12(13,14)15)17-6-8(2)5-9(3)7-17/h8-11H,4-7,16H2,1-3H3. The van der Waals surface area contributed by atoms with Gasteiger partial charge in [-0.1, -0.05) is 20.8 Å². The minimum Gasteiger partial charge on any atom is -0.326 e. The van der Waals surface area contributed by atoms with E-state index in [2.05, 4.69) is 0 Å². The normalized spacial score (nSPS) is 31.2. The van der Waals surface area contributed by atoms with Crippen LogP contribution < -0.4 is 5.73 Å². The molecule has 4 unspecified atom stereocenters. The Morgan fingerprint density at radius 2 is 1.71 bits per heavy atom. The summed E-state index contributed by atoms with van der Waals surface area (Å²) in [6.45, 7) is 6.73. The number of alkyl halides is 3. The van der Waals surface area contributed by atoms with Gasteiger partial charge in [0.2, 0.25) is 0 Å². The van der Waals surface area contributed by atoms with Gasteiger partial charge in [-0.2, -0.15) is 13.2 Å². The van der Waals surface area contributed by atoms with Gasteiger partial charge >= 0.3 is 6.18 Å². The van der Waals surface area contributed by atoms with E-state index in [0.29, 0.717) is 31.3 Å². The van der Waals surface area contributed by atoms with E-state index < -0.39 is 18.3 Å². The summed E-state index contributed by atoms with van der Waals surface area (Å²) >= 11 is 0. The Morgan fingerprint density at radius 3 is 2.06 bits per heavy atom. The van der Waals surface area contributed by atoms with Crippen LogP contribution in [0.5, 0.6) is 0 Å². The summed E-state index contributed by atoms with van der Waals surface area (Å²) in [6.07, 6.45) is -2.88. The summed E-state index contributed by atoms with van der Waals surface area (Å²) in [5.74, 6) is 0.625. The molecule has 0 amide bonds. The molecule has 2 N–H and O–H groups in total. The molecule has 0 spiro atoms. The molecule has 1 heterocycles. The van der Waals surface area contributed by atoms with Crippen LogP contribution in [0.4, 0.5) is 13.2 Å². The maximum Gasteiger partial charge on any atom is 0.405 e. The predicted molar refractivity (Wildman–Crippen MR) is 62.6 cm³/mol. The number of rotatable bonds is 3. The minimum atomic E-state index is -4.23. The van der Waals surface area contributed by atoms with Crippen molar-refractivity contribution < 1.29 is 13.2 Å². The number of likely N-dealkylation sites (tertiary alicyclic amines) is 1. The highest BCUT2D eigenvalue weighted by atomic mass is 19.4. The van der Waals surface area contributed by atoms with Crippen LogP contribution in [-0.2, 0) is 0 Å². The van der Waals surface area contributed by atoms with Crippen LogP contribution in [0.2, 0.25) is 0 Å². The van der Waals surface area contributed by atoms with Crippen molar-refractivity contribution in [2.75, 3.05) is 13.1 Å². The van der Waals surface area contributed by atoms with Crippen molar-refractivity contribution in [3.8, 4) is 0 Å². The zero-order valence-corrected chi connectivity index (χ0v) is 10.8. The first-order chi connectivity index (χ1) is 7.75. The SMILES string of the molecule is CCC(N)C(N1CC(C)CC(C)C1)C(F)(F)F. The van der Waals surface area contributed by atoms with Crippen LogP contribution in [0.25, 0.3) is 0 Å². The average Bonchev–Trinajstić information content (AvgIpc) is 2.13. The fourth-order valence-corrected chi connectivity index (χ4v) is 2.88. The molecule has 0 aromatic rings. The Hall–Kier alpha value is -0.290. The number of hydrogen-bond donors (Lipinski definition) is 1. The first-order valence-electron chi connectivity index (χ1n) is 6.32. The van der Waals surface area contributed by atoms with Gasteiger partial charge in [0.1, 0.15) is 6.04 Å². The monoisotopic (exact) mass is 252 g/mol. The maximum absolute atomic E-state index is 13.1. The van der Waals surface area contributed by atoms with Crippen LogP contribution in [0.3, 0.4) is 0 Å². The van der Waals surface area contributed by atoms with E-state index in [1.807, 2.05) is 13.8 Å². The average molecular weight is 252 g/mol. The lowest BCUT2D eigenvalue weighted by Gasteiger charge is -2.42. The number of nitrogens with two attached hydrogens (primary N) is 1. The molecule has 2 nitrogen and oxygen atoms in total. The molecule has 0 aromatic carbocycles. The largest absolute Gasteiger partial charge is 0.405 e. The van der Waals surface area contributed by atoms with Crippen molar-refractivity contribution in [1.29, 1.82) is 0 Å². The summed E-state index contributed by atoms with van der Waals surface area (Å²) in [4.78, 5) is 1.53. The van der Waals surface area contributed by atoms with Gasteiger partial charge in [-0.15, -0.1) is 0 Å². The van der Waals surface area contributed by atoms with E-state index in [1.165, 1.54) is 4.90 Å². The van der Waals surface area contributed by atoms with E-state index in [1.54, 1.807) is 6.92 Å². The summed E-state index contributed by atoms with van der Waals surface area (Å²) in [7, 11) is 0. The summed E-state index contributed by atoms with van der Waals surface area (Å²) in [5.41, 5.74) is 5.66. The quantitative estimate of drug-likeness (QED) is 0.836. The zero-order valence-electron chi connectivity index (χ0n) is 10.8. The molecular weight excluding hydrogens is 229 g/mol. The smallest absolute Gasteiger partial charge is 0.326 e. The summed E-state index contributed by atoms with van der Waals surface area (Å²) < 4.78 is 39.2. The second kappa shape index (κ2) is 5.57. The van der Waals surface area contributed by atoms with Gasteiger partial charge in [-0.25, -0.2) is 0 Å². The molecule has 1 aliphatic heterocycles. The van der Waals surface area contributed by atoms with E-state index in [0.717, 1.165) is 6.42 Å². The third-order valence-electron chi connectivity index (χ3n) is 3.50. The first-order valence-corrected chi connectivity index (χ1v) is 6.32. The molecule has 0 aliphatic carbocycles. The van der Waals surface area contributed by atoms with Crippen LogP contribution in [0, 0.1) is 11.8 Å². The zero-order chi connectivity index (χ0) is 13.2. The van der Waals surface area contributed by atoms with Crippen molar-refractivity contribution in [1.82, 2.24) is 4.90 Å². The van der Waals surface area contributed by atoms with Gasteiger partial charge in [-0.3, -0.25) is 4.90 Å². The predicted octanol–water partition coefficient (Wildman–Crippen LogP) is 2.63. The van der Waals surface area contributed by atoms with Crippen LogP contribution >= 0.6 is 0 Å². The van der Waals surface area contributed by atoms with Gasteiger partial charge in [0.25, 0.3) is 0 Å². The van der Waals surface area contributed by atoms with Crippen molar-refractivity contribution in [3.63, 3.8) is 0 Å². The fourth-order valence-electron chi connectivity index (χ4n) is 2.88. The van der Waals surface area contributed by atoms with E-state index in [-0.39, 0.29) is 0 Å². The molecule has 1 rings (SSSR count). The Balaban J connectivity index is 2.82. The third kappa shape index (κ3) is 3.85. The lowest BCUT2D eigenvalue weighted by Crippen LogP contribution is -2.59. The van der Waals surface area contributed by atoms with Gasteiger partial charge < -0.3 is 5.73 Å². The molecule has 1 aliphatic rings. The molecular formula is C12H23F3N2. The molecule has 0 aromatic heterocycles. The van der Waals surface area contributed by atoms with Crippen molar-refractivity contribution in [2.24, 2.45) is 17.6 Å². The van der Waals surface area contributed by atoms with E-state index >= 15 is 0 Å². The maximum atomic E-state index is 13.1. The number of halogens is 3. The highest BCUT2D eigenvalue weighted by Gasteiger charge is 2.47.